The molecule has 3 aromatic carbocycles. The number of aliphatic hydroxyl groups excluding tert-OH is 1. The Morgan fingerprint density at radius 1 is 1.00 bits per heavy atom. The van der Waals surface area contributed by atoms with Crippen molar-refractivity contribution in [3.63, 3.8) is 0 Å². The van der Waals surface area contributed by atoms with Crippen molar-refractivity contribution in [1.29, 1.82) is 0 Å². The summed E-state index contributed by atoms with van der Waals surface area (Å²) < 4.78 is -0.828. The number of benzene rings is 3. The Balaban J connectivity index is 1.35. The van der Waals surface area contributed by atoms with Crippen LogP contribution >= 0.6 is 39.3 Å². The number of likely N-dealkylation sites (tertiary alicyclic amines) is 1. The number of rotatable bonds is 9. The van der Waals surface area contributed by atoms with E-state index in [9.17, 15) is 19.5 Å². The van der Waals surface area contributed by atoms with E-state index in [1.54, 1.807) is 40.9 Å². The predicted octanol–water partition coefficient (Wildman–Crippen LogP) is 4.66. The highest BCUT2D eigenvalue weighted by Gasteiger charge is 2.76. The lowest BCUT2D eigenvalue weighted by molar-refractivity contribution is -0.142. The molecule has 3 heterocycles. The number of aliphatic hydroxyl groups is 1. The monoisotopic (exact) mass is 667 g/mol. The molecule has 7 nitrogen and oxygen atoms in total. The van der Waals surface area contributed by atoms with E-state index < -0.39 is 28.7 Å². The van der Waals surface area contributed by atoms with Gasteiger partial charge in [-0.25, -0.2) is 0 Å². The van der Waals surface area contributed by atoms with Crippen LogP contribution in [-0.2, 0) is 27.3 Å². The summed E-state index contributed by atoms with van der Waals surface area (Å²) in [6.45, 7) is 0.0384. The van der Waals surface area contributed by atoms with E-state index in [2.05, 4.69) is 26.6 Å². The first-order chi connectivity index (χ1) is 20.3. The second-order valence-corrected chi connectivity index (χ2v) is 14.3. The van der Waals surface area contributed by atoms with Crippen LogP contribution < -0.4 is 10.6 Å². The fraction of sp³-hybridized carbons (Fsp3) is 0.344. The minimum Gasteiger partial charge on any atom is -0.394 e. The minimum atomic E-state index is -0.881. The van der Waals surface area contributed by atoms with Gasteiger partial charge in [0.15, 0.2) is 0 Å². The molecule has 3 amide bonds. The van der Waals surface area contributed by atoms with Crippen LogP contribution in [0.2, 0.25) is 5.02 Å². The maximum absolute atomic E-state index is 14.5. The Labute approximate surface area is 262 Å². The number of alkyl halides is 1. The number of carbonyl (C=O) groups excluding carboxylic acids is 3. The minimum absolute atomic E-state index is 0.0495. The zero-order valence-electron chi connectivity index (χ0n) is 22.7. The lowest BCUT2D eigenvalue weighted by atomic mass is 9.70. The van der Waals surface area contributed by atoms with Gasteiger partial charge in [-0.3, -0.25) is 14.4 Å². The first kappa shape index (κ1) is 29.2. The normalized spacial score (nSPS) is 28.4. The van der Waals surface area contributed by atoms with E-state index in [1.807, 2.05) is 60.7 Å². The molecule has 10 heteroatoms. The number of nitrogens with zero attached hydrogens (tertiary/aromatic N) is 1. The molecule has 218 valence electrons. The van der Waals surface area contributed by atoms with E-state index >= 15 is 0 Å². The third-order valence-corrected chi connectivity index (χ3v) is 12.1. The van der Waals surface area contributed by atoms with Gasteiger partial charge in [0, 0.05) is 27.3 Å². The molecule has 7 atom stereocenters. The summed E-state index contributed by atoms with van der Waals surface area (Å²) in [4.78, 5) is 44.0. The molecular formula is C32H31BrClN3O4S. The number of hydrogen-bond acceptors (Lipinski definition) is 5. The molecular weight excluding hydrogens is 638 g/mol. The first-order valence-electron chi connectivity index (χ1n) is 14.0. The van der Waals surface area contributed by atoms with Gasteiger partial charge in [-0.15, -0.1) is 11.8 Å². The van der Waals surface area contributed by atoms with Gasteiger partial charge in [-0.2, -0.15) is 0 Å². The average Bonchev–Trinajstić information content (AvgIpc) is 3.60. The molecule has 42 heavy (non-hydrogen) atoms. The van der Waals surface area contributed by atoms with Gasteiger partial charge in [0.25, 0.3) is 0 Å². The summed E-state index contributed by atoms with van der Waals surface area (Å²) >= 11 is 11.4. The van der Waals surface area contributed by atoms with E-state index in [4.69, 9.17) is 11.6 Å². The van der Waals surface area contributed by atoms with Crippen LogP contribution in [0.3, 0.4) is 0 Å². The Hall–Kier alpha value is -2.85. The molecule has 0 aromatic heterocycles. The van der Waals surface area contributed by atoms with E-state index in [1.165, 1.54) is 0 Å². The van der Waals surface area contributed by atoms with Gasteiger partial charge in [0.05, 0.1) is 29.2 Å². The lowest BCUT2D eigenvalue weighted by Crippen LogP contribution is -2.55. The second kappa shape index (κ2) is 12.0. The maximum Gasteiger partial charge on any atom is 0.248 e. The Morgan fingerprint density at radius 3 is 2.29 bits per heavy atom. The van der Waals surface area contributed by atoms with Crippen LogP contribution in [0.15, 0.2) is 84.9 Å². The number of nitrogens with one attached hydrogen (secondary N) is 2. The summed E-state index contributed by atoms with van der Waals surface area (Å²) in [6, 6.07) is 24.6. The molecule has 1 spiro atoms. The molecule has 3 aliphatic heterocycles. The molecule has 6 rings (SSSR count). The summed E-state index contributed by atoms with van der Waals surface area (Å²) in [5, 5.41) is 17.1. The average molecular weight is 669 g/mol. The van der Waals surface area contributed by atoms with Crippen molar-refractivity contribution < 1.29 is 19.5 Å². The Morgan fingerprint density at radius 2 is 1.64 bits per heavy atom. The highest BCUT2D eigenvalue weighted by molar-refractivity contribution is 9.09. The number of anilines is 1. The number of fused-ring (bicyclic) bond motifs is 1. The van der Waals surface area contributed by atoms with Gasteiger partial charge in [0.2, 0.25) is 17.7 Å². The second-order valence-electron chi connectivity index (χ2n) is 11.1. The fourth-order valence-corrected chi connectivity index (χ4v) is 10.6. The fourth-order valence-electron chi connectivity index (χ4n) is 6.84. The van der Waals surface area contributed by atoms with Crippen LogP contribution in [0, 0.1) is 11.8 Å². The Kier molecular flexibility index (Phi) is 8.37. The van der Waals surface area contributed by atoms with Crippen LogP contribution in [-0.4, -0.2) is 61.2 Å². The Bertz CT molecular complexity index is 1460. The van der Waals surface area contributed by atoms with Crippen molar-refractivity contribution in [2.45, 2.75) is 46.3 Å². The molecule has 0 aliphatic carbocycles. The van der Waals surface area contributed by atoms with Gasteiger partial charge in [-0.1, -0.05) is 88.2 Å². The van der Waals surface area contributed by atoms with Crippen LogP contribution in [0.25, 0.3) is 0 Å². The van der Waals surface area contributed by atoms with E-state index in [-0.39, 0.29) is 34.4 Å². The SMILES string of the molecule is O=C(Nc1ccc(Cl)cc1)C1N([C@@H](CO)Cc2ccccc2)C(=O)[C@@H]2[C@H](C(=O)NCc3ccccc3)[C@H]3SC12CC3Br. The molecule has 0 radical (unpaired) electrons. The van der Waals surface area contributed by atoms with Crippen molar-refractivity contribution in [2.75, 3.05) is 11.9 Å². The molecule has 3 saturated heterocycles. The van der Waals surface area contributed by atoms with Crippen molar-refractivity contribution in [3.05, 3.63) is 101 Å². The molecule has 2 bridgehead atoms. The lowest BCUT2D eigenvalue weighted by Gasteiger charge is -2.37. The van der Waals surface area contributed by atoms with E-state index in [0.717, 1.165) is 11.1 Å². The number of carbonyl (C=O) groups is 3. The van der Waals surface area contributed by atoms with Gasteiger partial charge >= 0.3 is 0 Å². The van der Waals surface area contributed by atoms with E-state index in [0.29, 0.717) is 30.1 Å². The molecule has 3 unspecified atom stereocenters. The van der Waals surface area contributed by atoms with Crippen LogP contribution in [0.5, 0.6) is 0 Å². The molecule has 0 saturated carbocycles. The summed E-state index contributed by atoms with van der Waals surface area (Å²) in [7, 11) is 0. The number of hydrogen-bond donors (Lipinski definition) is 3. The summed E-state index contributed by atoms with van der Waals surface area (Å²) in [5.41, 5.74) is 2.48. The standard InChI is InChI=1S/C32H31BrClN3O4S/c33-24-16-32-26(25(27(24)42-32)29(39)35-17-20-9-5-2-6-10-20)31(41)37(23(18-38)15-19-7-3-1-4-8-19)28(32)30(40)36-22-13-11-21(34)12-14-22/h1-14,23-28,38H,15-18H2,(H,35,39)(H,36,40)/t23-,24?,25+,26+,27+,28?,32?/m1/s1. The number of amides is 3. The smallest absolute Gasteiger partial charge is 0.248 e. The zero-order valence-corrected chi connectivity index (χ0v) is 25.8. The molecule has 3 aliphatic rings. The number of thioether (sulfide) groups is 1. The summed E-state index contributed by atoms with van der Waals surface area (Å²) in [6.07, 6.45) is 0.938. The van der Waals surface area contributed by atoms with Crippen LogP contribution in [0.1, 0.15) is 17.5 Å². The van der Waals surface area contributed by atoms with Crippen molar-refractivity contribution in [2.24, 2.45) is 11.8 Å². The van der Waals surface area contributed by atoms with Gasteiger partial charge in [-0.05, 0) is 48.2 Å². The molecule has 3 aromatic rings. The number of halogens is 2. The molecule has 3 N–H and O–H groups in total. The van der Waals surface area contributed by atoms with Gasteiger partial charge < -0.3 is 20.6 Å². The maximum atomic E-state index is 14.5. The highest BCUT2D eigenvalue weighted by atomic mass is 79.9. The van der Waals surface area contributed by atoms with Crippen LogP contribution in [0.4, 0.5) is 5.69 Å². The topological polar surface area (TPSA) is 98.7 Å². The zero-order chi connectivity index (χ0) is 29.4. The van der Waals surface area contributed by atoms with Crippen molar-refractivity contribution in [1.82, 2.24) is 10.2 Å². The first-order valence-corrected chi connectivity index (χ1v) is 16.2. The predicted molar refractivity (Wildman–Crippen MR) is 168 cm³/mol. The third kappa shape index (κ3) is 5.25. The summed E-state index contributed by atoms with van der Waals surface area (Å²) in [5.74, 6) is -2.09. The van der Waals surface area contributed by atoms with Crippen molar-refractivity contribution in [3.8, 4) is 0 Å². The van der Waals surface area contributed by atoms with Crippen molar-refractivity contribution >= 4 is 62.7 Å². The molecule has 3 fully saturated rings. The van der Waals surface area contributed by atoms with Gasteiger partial charge in [0.1, 0.15) is 6.04 Å². The largest absolute Gasteiger partial charge is 0.394 e. The third-order valence-electron chi connectivity index (χ3n) is 8.62. The quantitative estimate of drug-likeness (QED) is 0.288. The highest BCUT2D eigenvalue weighted by Crippen LogP contribution is 2.68.